The number of carboxylic acids is 1. The standard InChI is InChI=1S/C10H15N3O6S2/c14-10(15)6-13-5-9(4-11-13)21(18,19)12-3-8-1-2-20(16,17)7-8/h4-5,8,12H,1-3,6-7H2,(H,14,15). The highest BCUT2D eigenvalue weighted by Gasteiger charge is 2.29. The van der Waals surface area contributed by atoms with Crippen LogP contribution in [0.1, 0.15) is 6.42 Å². The van der Waals surface area contributed by atoms with Crippen LogP contribution in [0, 0.1) is 5.92 Å². The van der Waals surface area contributed by atoms with E-state index in [1.54, 1.807) is 0 Å². The predicted molar refractivity (Wildman–Crippen MR) is 71.8 cm³/mol. The van der Waals surface area contributed by atoms with Gasteiger partial charge in [-0.25, -0.2) is 21.6 Å². The van der Waals surface area contributed by atoms with E-state index >= 15 is 0 Å². The minimum Gasteiger partial charge on any atom is -0.480 e. The number of carbonyl (C=O) groups is 1. The van der Waals surface area contributed by atoms with E-state index in [0.717, 1.165) is 17.1 Å². The molecule has 1 aliphatic heterocycles. The molecule has 2 rings (SSSR count). The summed E-state index contributed by atoms with van der Waals surface area (Å²) in [4.78, 5) is 10.4. The van der Waals surface area contributed by atoms with Gasteiger partial charge in [0, 0.05) is 12.7 Å². The average Bonchev–Trinajstić information content (AvgIpc) is 2.93. The minimum atomic E-state index is -3.82. The third kappa shape index (κ3) is 4.25. The van der Waals surface area contributed by atoms with Crippen LogP contribution in [-0.4, -0.2) is 55.7 Å². The molecule has 0 radical (unpaired) electrons. The Balaban J connectivity index is 1.99. The fourth-order valence-electron chi connectivity index (χ4n) is 2.05. The van der Waals surface area contributed by atoms with Crippen LogP contribution in [0.5, 0.6) is 0 Å². The maximum Gasteiger partial charge on any atom is 0.325 e. The molecule has 1 saturated heterocycles. The maximum absolute atomic E-state index is 12.0. The van der Waals surface area contributed by atoms with E-state index in [1.165, 1.54) is 0 Å². The number of sulfone groups is 1. The molecule has 9 nitrogen and oxygen atoms in total. The molecule has 1 aliphatic rings. The van der Waals surface area contributed by atoms with E-state index in [-0.39, 0.29) is 28.9 Å². The summed E-state index contributed by atoms with van der Waals surface area (Å²) in [6, 6.07) is 0. The van der Waals surface area contributed by atoms with E-state index in [1.807, 2.05) is 0 Å². The quantitative estimate of drug-likeness (QED) is 0.657. The van der Waals surface area contributed by atoms with Crippen molar-refractivity contribution in [2.45, 2.75) is 17.9 Å². The lowest BCUT2D eigenvalue weighted by Gasteiger charge is -2.08. The monoisotopic (exact) mass is 337 g/mol. The number of sulfonamides is 1. The molecule has 2 heterocycles. The smallest absolute Gasteiger partial charge is 0.325 e. The summed E-state index contributed by atoms with van der Waals surface area (Å²) in [6.45, 7) is -0.401. The number of hydrogen-bond acceptors (Lipinski definition) is 6. The van der Waals surface area contributed by atoms with Crippen LogP contribution in [0.4, 0.5) is 0 Å². The lowest BCUT2D eigenvalue weighted by molar-refractivity contribution is -0.137. The maximum atomic E-state index is 12.0. The molecule has 118 valence electrons. The number of hydrogen-bond donors (Lipinski definition) is 2. The molecule has 1 aromatic heterocycles. The molecule has 11 heteroatoms. The third-order valence-corrected chi connectivity index (χ3v) is 6.32. The average molecular weight is 337 g/mol. The van der Waals surface area contributed by atoms with Crippen molar-refractivity contribution in [3.63, 3.8) is 0 Å². The highest BCUT2D eigenvalue weighted by atomic mass is 32.2. The van der Waals surface area contributed by atoms with Crippen LogP contribution < -0.4 is 4.72 Å². The van der Waals surface area contributed by atoms with Crippen molar-refractivity contribution in [2.24, 2.45) is 5.92 Å². The molecular formula is C10H15N3O6S2. The van der Waals surface area contributed by atoms with Crippen LogP contribution >= 0.6 is 0 Å². The van der Waals surface area contributed by atoms with Gasteiger partial charge >= 0.3 is 5.97 Å². The Bertz CT molecular complexity index is 737. The first-order valence-corrected chi connectivity index (χ1v) is 9.43. The molecule has 1 aromatic rings. The molecular weight excluding hydrogens is 322 g/mol. The normalized spacial score (nSPS) is 21.4. The zero-order chi connectivity index (χ0) is 15.7. The summed E-state index contributed by atoms with van der Waals surface area (Å²) in [6.07, 6.45) is 2.60. The molecule has 2 N–H and O–H groups in total. The number of aromatic nitrogens is 2. The van der Waals surface area contributed by atoms with Crippen LogP contribution in [0.3, 0.4) is 0 Å². The molecule has 0 aliphatic carbocycles. The van der Waals surface area contributed by atoms with Crippen molar-refractivity contribution in [1.29, 1.82) is 0 Å². The second kappa shape index (κ2) is 5.73. The molecule has 0 aromatic carbocycles. The van der Waals surface area contributed by atoms with Gasteiger partial charge in [-0.15, -0.1) is 0 Å². The Labute approximate surface area is 121 Å². The lowest BCUT2D eigenvalue weighted by Crippen LogP contribution is -2.29. The molecule has 21 heavy (non-hydrogen) atoms. The van der Waals surface area contributed by atoms with Gasteiger partial charge in [-0.05, 0) is 12.3 Å². The molecule has 1 unspecified atom stereocenters. The fraction of sp³-hybridized carbons (Fsp3) is 0.600. The number of rotatable bonds is 6. The largest absolute Gasteiger partial charge is 0.480 e. The first kappa shape index (κ1) is 15.9. The molecule has 0 saturated carbocycles. The Morgan fingerprint density at radius 2 is 2.24 bits per heavy atom. The van der Waals surface area contributed by atoms with E-state index in [0.29, 0.717) is 6.42 Å². The van der Waals surface area contributed by atoms with Gasteiger partial charge in [0.15, 0.2) is 9.84 Å². The Kier molecular flexibility index (Phi) is 4.35. The van der Waals surface area contributed by atoms with Crippen molar-refractivity contribution in [3.05, 3.63) is 12.4 Å². The number of aliphatic carboxylic acids is 1. The van der Waals surface area contributed by atoms with Gasteiger partial charge in [0.25, 0.3) is 0 Å². The first-order valence-electron chi connectivity index (χ1n) is 6.12. The molecule has 1 fully saturated rings. The Morgan fingerprint density at radius 3 is 2.81 bits per heavy atom. The number of nitrogens with one attached hydrogen (secondary N) is 1. The van der Waals surface area contributed by atoms with Gasteiger partial charge in [-0.3, -0.25) is 9.48 Å². The molecule has 0 spiro atoms. The van der Waals surface area contributed by atoms with E-state index in [2.05, 4.69) is 9.82 Å². The van der Waals surface area contributed by atoms with Gasteiger partial charge < -0.3 is 5.11 Å². The first-order chi connectivity index (χ1) is 9.68. The molecule has 1 atom stereocenters. The number of nitrogens with zero attached hydrogens (tertiary/aromatic N) is 2. The highest BCUT2D eigenvalue weighted by Crippen LogP contribution is 2.18. The highest BCUT2D eigenvalue weighted by molar-refractivity contribution is 7.91. The van der Waals surface area contributed by atoms with Crippen LogP contribution in [0.25, 0.3) is 0 Å². The SMILES string of the molecule is O=C(O)Cn1cc(S(=O)(=O)NCC2CCS(=O)(=O)C2)cn1. The van der Waals surface area contributed by atoms with Crippen molar-refractivity contribution >= 4 is 25.8 Å². The summed E-state index contributed by atoms with van der Waals surface area (Å²) in [5.74, 6) is -1.31. The predicted octanol–water partition coefficient (Wildman–Crippen LogP) is -1.32. The fourth-order valence-corrected chi connectivity index (χ4v) is 4.98. The lowest BCUT2D eigenvalue weighted by atomic mass is 10.1. The minimum absolute atomic E-state index is 0.0200. The number of carboxylic acid groups (broad SMARTS) is 1. The van der Waals surface area contributed by atoms with Gasteiger partial charge in [-0.2, -0.15) is 5.10 Å². The summed E-state index contributed by atoms with van der Waals surface area (Å²) in [5.41, 5.74) is 0. The van der Waals surface area contributed by atoms with Crippen molar-refractivity contribution in [1.82, 2.24) is 14.5 Å². The van der Waals surface area contributed by atoms with E-state index in [9.17, 15) is 21.6 Å². The van der Waals surface area contributed by atoms with Gasteiger partial charge in [0.05, 0.1) is 17.7 Å². The van der Waals surface area contributed by atoms with Gasteiger partial charge in [0.2, 0.25) is 10.0 Å². The van der Waals surface area contributed by atoms with Crippen LogP contribution in [-0.2, 0) is 31.2 Å². The Morgan fingerprint density at radius 1 is 1.52 bits per heavy atom. The van der Waals surface area contributed by atoms with Crippen molar-refractivity contribution < 1.29 is 26.7 Å². The molecule has 0 amide bonds. The van der Waals surface area contributed by atoms with Crippen LogP contribution in [0.2, 0.25) is 0 Å². The van der Waals surface area contributed by atoms with Crippen LogP contribution in [0.15, 0.2) is 17.3 Å². The summed E-state index contributed by atoms with van der Waals surface area (Å²) in [5, 5.41) is 12.2. The zero-order valence-electron chi connectivity index (χ0n) is 11.0. The second-order valence-corrected chi connectivity index (χ2v) is 8.88. The third-order valence-electron chi connectivity index (χ3n) is 3.11. The van der Waals surface area contributed by atoms with Gasteiger partial charge in [0.1, 0.15) is 11.4 Å². The summed E-state index contributed by atoms with van der Waals surface area (Å²) in [7, 11) is -6.87. The Hall–Kier alpha value is -1.46. The van der Waals surface area contributed by atoms with E-state index < -0.39 is 32.4 Å². The van der Waals surface area contributed by atoms with Crippen molar-refractivity contribution in [2.75, 3.05) is 18.1 Å². The van der Waals surface area contributed by atoms with Gasteiger partial charge in [-0.1, -0.05) is 0 Å². The van der Waals surface area contributed by atoms with Crippen molar-refractivity contribution in [3.8, 4) is 0 Å². The topological polar surface area (TPSA) is 135 Å². The second-order valence-electron chi connectivity index (χ2n) is 4.89. The van der Waals surface area contributed by atoms with E-state index in [4.69, 9.17) is 5.11 Å². The summed E-state index contributed by atoms with van der Waals surface area (Å²) >= 11 is 0. The summed E-state index contributed by atoms with van der Waals surface area (Å²) < 4.78 is 49.9. The zero-order valence-corrected chi connectivity index (χ0v) is 12.6. The molecule has 0 bridgehead atoms.